The zero-order valence-corrected chi connectivity index (χ0v) is 20.1. The van der Waals surface area contributed by atoms with Crippen molar-refractivity contribution < 1.29 is 14.2 Å². The number of nitrogens with zero attached hydrogens (tertiary/aromatic N) is 5. The van der Waals surface area contributed by atoms with Crippen molar-refractivity contribution in [3.8, 4) is 5.75 Å². The van der Waals surface area contributed by atoms with Crippen LogP contribution in [0.5, 0.6) is 5.75 Å². The van der Waals surface area contributed by atoms with Gasteiger partial charge in [0.25, 0.3) is 0 Å². The fraction of sp³-hybridized carbons (Fsp3) is 0.462. The summed E-state index contributed by atoms with van der Waals surface area (Å²) in [5.74, 6) is 1.47. The minimum absolute atomic E-state index is 0.144. The molecule has 1 aliphatic carbocycles. The molecule has 2 aromatic heterocycles. The van der Waals surface area contributed by atoms with Gasteiger partial charge in [-0.05, 0) is 44.7 Å². The molecule has 2 aliphatic rings. The summed E-state index contributed by atoms with van der Waals surface area (Å²) in [5.41, 5.74) is 3.70. The van der Waals surface area contributed by atoms with Crippen molar-refractivity contribution >= 4 is 28.7 Å². The summed E-state index contributed by atoms with van der Waals surface area (Å²) in [7, 11) is 0. The highest BCUT2D eigenvalue weighted by molar-refractivity contribution is 5.85. The summed E-state index contributed by atoms with van der Waals surface area (Å²) in [6.07, 6.45) is 14.6. The molecule has 9 heteroatoms. The van der Waals surface area contributed by atoms with Crippen molar-refractivity contribution in [2.75, 3.05) is 43.1 Å². The molecule has 184 valence electrons. The van der Waals surface area contributed by atoms with Crippen LogP contribution in [0.1, 0.15) is 38.2 Å². The van der Waals surface area contributed by atoms with Crippen LogP contribution in [0.4, 0.5) is 11.6 Å². The maximum atomic E-state index is 6.52. The first-order chi connectivity index (χ1) is 17.3. The third-order valence-corrected chi connectivity index (χ3v) is 6.40. The summed E-state index contributed by atoms with van der Waals surface area (Å²) in [6.45, 7) is 5.81. The second kappa shape index (κ2) is 11.3. The topological polar surface area (TPSA) is 94.5 Å². The van der Waals surface area contributed by atoms with Crippen molar-refractivity contribution in [3.05, 3.63) is 48.7 Å². The second-order valence-corrected chi connectivity index (χ2v) is 8.80. The van der Waals surface area contributed by atoms with Gasteiger partial charge in [0.15, 0.2) is 0 Å². The molecule has 0 radical (unpaired) electrons. The monoisotopic (exact) mass is 476 g/mol. The van der Waals surface area contributed by atoms with Crippen LogP contribution >= 0.6 is 0 Å². The molecule has 2 fully saturated rings. The zero-order chi connectivity index (χ0) is 23.9. The molecule has 0 atom stereocenters. The van der Waals surface area contributed by atoms with Crippen molar-refractivity contribution in [1.29, 1.82) is 0 Å². The van der Waals surface area contributed by atoms with E-state index in [0.29, 0.717) is 18.6 Å². The first kappa shape index (κ1) is 23.3. The number of benzene rings is 1. The lowest BCUT2D eigenvalue weighted by atomic mass is 9.93. The standard InChI is InChI=1S/C26H32N6O3/c1-2-33-12-7-19-17-29-26(30-18-19)31-20-3-5-22(6-4-20)35-24-16-21(32-10-13-34-14-11-32)15-23-25(24)28-9-8-27-23/h7-9,12,15-18,20,22H,2-6,10-11,13-14H2,1H3,(H,29,30,31)/b12-7+. The van der Waals surface area contributed by atoms with E-state index in [0.717, 1.165) is 80.0 Å². The lowest BCUT2D eigenvalue weighted by molar-refractivity contribution is 0.122. The minimum Gasteiger partial charge on any atom is -0.501 e. The quantitative estimate of drug-likeness (QED) is 0.483. The lowest BCUT2D eigenvalue weighted by Crippen LogP contribution is -2.36. The maximum absolute atomic E-state index is 6.52. The van der Waals surface area contributed by atoms with E-state index in [2.05, 4.69) is 42.3 Å². The Bertz CT molecular complexity index is 1130. The molecule has 35 heavy (non-hydrogen) atoms. The minimum atomic E-state index is 0.144. The van der Waals surface area contributed by atoms with Crippen LogP contribution in [0.3, 0.4) is 0 Å². The molecule has 0 bridgehead atoms. The predicted octanol–water partition coefficient (Wildman–Crippen LogP) is 4.07. The molecule has 1 saturated heterocycles. The summed E-state index contributed by atoms with van der Waals surface area (Å²) in [4.78, 5) is 20.3. The molecule has 1 N–H and O–H groups in total. The highest BCUT2D eigenvalue weighted by atomic mass is 16.5. The molecule has 1 aliphatic heterocycles. The Morgan fingerprint density at radius 1 is 1.03 bits per heavy atom. The Kier molecular flexibility index (Phi) is 7.53. The first-order valence-corrected chi connectivity index (χ1v) is 12.4. The molecule has 5 rings (SSSR count). The number of fused-ring (bicyclic) bond motifs is 1. The zero-order valence-electron chi connectivity index (χ0n) is 20.1. The lowest BCUT2D eigenvalue weighted by Gasteiger charge is -2.31. The highest BCUT2D eigenvalue weighted by Gasteiger charge is 2.24. The molecule has 0 spiro atoms. The van der Waals surface area contributed by atoms with Crippen LogP contribution in [0.25, 0.3) is 17.1 Å². The van der Waals surface area contributed by atoms with E-state index in [-0.39, 0.29) is 6.10 Å². The number of rotatable bonds is 8. The Morgan fingerprint density at radius 3 is 2.57 bits per heavy atom. The van der Waals surface area contributed by atoms with Crippen molar-refractivity contribution in [1.82, 2.24) is 19.9 Å². The molecule has 3 aromatic rings. The maximum Gasteiger partial charge on any atom is 0.222 e. The van der Waals surface area contributed by atoms with E-state index >= 15 is 0 Å². The molecule has 1 saturated carbocycles. The third kappa shape index (κ3) is 5.97. The average molecular weight is 477 g/mol. The van der Waals surface area contributed by atoms with Crippen LogP contribution in [0.15, 0.2) is 43.2 Å². The molecular formula is C26H32N6O3. The van der Waals surface area contributed by atoms with Gasteiger partial charge in [-0.15, -0.1) is 0 Å². The van der Waals surface area contributed by atoms with Crippen LogP contribution in [-0.4, -0.2) is 65.0 Å². The molecule has 9 nitrogen and oxygen atoms in total. The summed E-state index contributed by atoms with van der Waals surface area (Å²) in [5, 5.41) is 3.47. The van der Waals surface area contributed by atoms with Gasteiger partial charge in [0.1, 0.15) is 11.3 Å². The normalized spacial score (nSPS) is 20.8. The van der Waals surface area contributed by atoms with Crippen molar-refractivity contribution in [3.63, 3.8) is 0 Å². The fourth-order valence-electron chi connectivity index (χ4n) is 4.53. The van der Waals surface area contributed by atoms with Crippen LogP contribution in [0.2, 0.25) is 0 Å². The van der Waals surface area contributed by atoms with E-state index < -0.39 is 0 Å². The number of aromatic nitrogens is 4. The van der Waals surface area contributed by atoms with E-state index in [1.165, 1.54) is 0 Å². The number of nitrogens with one attached hydrogen (secondary N) is 1. The smallest absolute Gasteiger partial charge is 0.222 e. The van der Waals surface area contributed by atoms with E-state index in [1.807, 2.05) is 13.0 Å². The van der Waals surface area contributed by atoms with Gasteiger partial charge in [0, 0.05) is 61.2 Å². The van der Waals surface area contributed by atoms with Gasteiger partial charge >= 0.3 is 0 Å². The predicted molar refractivity (Wildman–Crippen MR) is 136 cm³/mol. The van der Waals surface area contributed by atoms with Gasteiger partial charge in [0.2, 0.25) is 5.95 Å². The van der Waals surface area contributed by atoms with E-state index in [4.69, 9.17) is 14.2 Å². The molecule has 1 aromatic carbocycles. The molecule has 3 heterocycles. The summed E-state index contributed by atoms with van der Waals surface area (Å²) < 4.78 is 17.3. The van der Waals surface area contributed by atoms with Gasteiger partial charge in [-0.3, -0.25) is 4.98 Å². The van der Waals surface area contributed by atoms with Crippen LogP contribution < -0.4 is 15.0 Å². The van der Waals surface area contributed by atoms with Gasteiger partial charge in [0.05, 0.1) is 37.7 Å². The Hall–Kier alpha value is -3.46. The van der Waals surface area contributed by atoms with Crippen molar-refractivity contribution in [2.45, 2.75) is 44.8 Å². The average Bonchev–Trinajstić information content (AvgIpc) is 2.91. The van der Waals surface area contributed by atoms with Gasteiger partial charge in [-0.25, -0.2) is 15.0 Å². The van der Waals surface area contributed by atoms with Crippen LogP contribution in [0, 0.1) is 0 Å². The van der Waals surface area contributed by atoms with E-state index in [1.54, 1.807) is 31.0 Å². The third-order valence-electron chi connectivity index (χ3n) is 6.40. The summed E-state index contributed by atoms with van der Waals surface area (Å²) in [6, 6.07) is 4.54. The molecular weight excluding hydrogens is 444 g/mol. The Balaban J connectivity index is 1.20. The fourth-order valence-corrected chi connectivity index (χ4v) is 4.53. The SMILES string of the molecule is CCO/C=C/c1cnc(NC2CCC(Oc3cc(N4CCOCC4)cc4nccnc34)CC2)nc1. The number of morpholine rings is 1. The molecule has 0 amide bonds. The molecule has 0 unspecified atom stereocenters. The van der Waals surface area contributed by atoms with Crippen molar-refractivity contribution in [2.24, 2.45) is 0 Å². The Morgan fingerprint density at radius 2 is 1.80 bits per heavy atom. The first-order valence-electron chi connectivity index (χ1n) is 12.4. The number of anilines is 2. The second-order valence-electron chi connectivity index (χ2n) is 8.80. The van der Waals surface area contributed by atoms with Gasteiger partial charge in [-0.2, -0.15) is 0 Å². The van der Waals surface area contributed by atoms with E-state index in [9.17, 15) is 0 Å². The largest absolute Gasteiger partial charge is 0.501 e. The number of hydrogen-bond donors (Lipinski definition) is 1. The van der Waals surface area contributed by atoms with Gasteiger partial charge < -0.3 is 24.4 Å². The Labute approximate surface area is 205 Å². The summed E-state index contributed by atoms with van der Waals surface area (Å²) >= 11 is 0. The number of hydrogen-bond acceptors (Lipinski definition) is 9. The number of ether oxygens (including phenoxy) is 3. The van der Waals surface area contributed by atoms with Crippen LogP contribution in [-0.2, 0) is 9.47 Å². The van der Waals surface area contributed by atoms with Gasteiger partial charge in [-0.1, -0.05) is 0 Å². The highest BCUT2D eigenvalue weighted by Crippen LogP contribution is 2.33.